The van der Waals surface area contributed by atoms with Crippen molar-refractivity contribution < 1.29 is 9.59 Å². The van der Waals surface area contributed by atoms with E-state index in [9.17, 15) is 9.59 Å². The van der Waals surface area contributed by atoms with Gasteiger partial charge in [-0.25, -0.2) is 0 Å². The fourth-order valence-electron chi connectivity index (χ4n) is 2.12. The first kappa shape index (κ1) is 13.3. The molecular weight excluding hydrogens is 238 g/mol. The number of fused-ring (bicyclic) bond motifs is 1. The van der Waals surface area contributed by atoms with Gasteiger partial charge in [-0.3, -0.25) is 9.59 Å². The molecule has 0 atom stereocenters. The summed E-state index contributed by atoms with van der Waals surface area (Å²) in [6.45, 7) is 1.96. The highest BCUT2D eigenvalue weighted by Gasteiger charge is 2.12. The van der Waals surface area contributed by atoms with E-state index >= 15 is 0 Å². The van der Waals surface area contributed by atoms with Crippen LogP contribution in [0.15, 0.2) is 42.5 Å². The predicted molar refractivity (Wildman–Crippen MR) is 75.7 cm³/mol. The molecule has 0 fully saturated rings. The number of benzene rings is 2. The molecule has 0 heterocycles. The van der Waals surface area contributed by atoms with Crippen LogP contribution >= 0.6 is 0 Å². The lowest BCUT2D eigenvalue weighted by molar-refractivity contribution is -0.134. The number of carbonyl (C=O) groups is 2. The monoisotopic (exact) mass is 255 g/mol. The summed E-state index contributed by atoms with van der Waals surface area (Å²) >= 11 is 0. The van der Waals surface area contributed by atoms with Crippen molar-refractivity contribution in [2.75, 3.05) is 7.05 Å². The van der Waals surface area contributed by atoms with E-state index in [0.29, 0.717) is 6.54 Å². The quantitative estimate of drug-likeness (QED) is 0.788. The molecule has 1 amide bonds. The zero-order valence-electron chi connectivity index (χ0n) is 11.2. The Morgan fingerprint density at radius 2 is 1.74 bits per heavy atom. The van der Waals surface area contributed by atoms with Crippen molar-refractivity contribution in [1.29, 1.82) is 0 Å². The third kappa shape index (κ3) is 3.19. The van der Waals surface area contributed by atoms with Gasteiger partial charge < -0.3 is 4.90 Å². The van der Waals surface area contributed by atoms with Crippen LogP contribution in [0, 0.1) is 0 Å². The van der Waals surface area contributed by atoms with Crippen molar-refractivity contribution >= 4 is 22.5 Å². The predicted octanol–water partition coefficient (Wildman–Crippen LogP) is 2.78. The Morgan fingerprint density at radius 3 is 2.47 bits per heavy atom. The summed E-state index contributed by atoms with van der Waals surface area (Å²) in [6.07, 6.45) is -0.0265. The van der Waals surface area contributed by atoms with E-state index in [4.69, 9.17) is 0 Å². The van der Waals surface area contributed by atoms with E-state index in [1.807, 2.05) is 30.3 Å². The molecule has 0 aliphatic rings. The van der Waals surface area contributed by atoms with E-state index in [-0.39, 0.29) is 18.1 Å². The van der Waals surface area contributed by atoms with Crippen LogP contribution in [-0.2, 0) is 16.1 Å². The van der Waals surface area contributed by atoms with Crippen molar-refractivity contribution in [2.24, 2.45) is 0 Å². The van der Waals surface area contributed by atoms with Crippen molar-refractivity contribution in [3.63, 3.8) is 0 Å². The summed E-state index contributed by atoms with van der Waals surface area (Å²) < 4.78 is 0. The molecule has 0 radical (unpaired) electrons. The normalized spacial score (nSPS) is 10.4. The second-order valence-corrected chi connectivity index (χ2v) is 4.77. The highest BCUT2D eigenvalue weighted by molar-refractivity contribution is 5.96. The zero-order valence-corrected chi connectivity index (χ0v) is 11.2. The van der Waals surface area contributed by atoms with Crippen LogP contribution in [0.2, 0.25) is 0 Å². The maximum atomic E-state index is 11.8. The summed E-state index contributed by atoms with van der Waals surface area (Å²) in [7, 11) is 1.73. The smallest absolute Gasteiger partial charge is 0.230 e. The number of amides is 1. The molecule has 2 aromatic carbocycles. The van der Waals surface area contributed by atoms with Crippen LogP contribution in [0.5, 0.6) is 0 Å². The lowest BCUT2D eigenvalue weighted by Crippen LogP contribution is -2.27. The summed E-state index contributed by atoms with van der Waals surface area (Å²) in [4.78, 5) is 24.4. The Balaban J connectivity index is 2.21. The minimum atomic E-state index is -0.138. The molecule has 0 aliphatic heterocycles. The molecular formula is C16H17NO2. The number of ketones is 1. The maximum Gasteiger partial charge on any atom is 0.230 e. The molecule has 0 bridgehead atoms. The maximum absolute atomic E-state index is 11.8. The van der Waals surface area contributed by atoms with E-state index in [0.717, 1.165) is 16.3 Å². The number of Topliss-reactive ketones (excluding diaryl/α,β-unsaturated/α-hetero) is 1. The van der Waals surface area contributed by atoms with E-state index in [1.54, 1.807) is 11.9 Å². The molecule has 3 nitrogen and oxygen atoms in total. The minimum Gasteiger partial charge on any atom is -0.341 e. The average Bonchev–Trinajstić information content (AvgIpc) is 2.38. The standard InChI is InChI=1S/C16H17NO2/c1-12(18)10-16(19)17(2)11-14-8-5-7-13-6-3-4-9-15(13)14/h3-9H,10-11H2,1-2H3. The Bertz CT molecular complexity index is 614. The van der Waals surface area contributed by atoms with Gasteiger partial charge in [0.05, 0.1) is 6.42 Å². The van der Waals surface area contributed by atoms with Gasteiger partial charge in [-0.1, -0.05) is 42.5 Å². The van der Waals surface area contributed by atoms with Crippen LogP contribution in [0.1, 0.15) is 18.9 Å². The van der Waals surface area contributed by atoms with E-state index in [1.165, 1.54) is 6.92 Å². The van der Waals surface area contributed by atoms with Crippen LogP contribution in [0.4, 0.5) is 0 Å². The summed E-state index contributed by atoms with van der Waals surface area (Å²) in [6, 6.07) is 14.1. The molecule has 2 aromatic rings. The molecule has 98 valence electrons. The number of hydrogen-bond acceptors (Lipinski definition) is 2. The van der Waals surface area contributed by atoms with Crippen molar-refractivity contribution in [3.05, 3.63) is 48.0 Å². The van der Waals surface area contributed by atoms with Gasteiger partial charge in [0.1, 0.15) is 5.78 Å². The van der Waals surface area contributed by atoms with Gasteiger partial charge in [0, 0.05) is 13.6 Å². The van der Waals surface area contributed by atoms with Crippen LogP contribution in [0.3, 0.4) is 0 Å². The lowest BCUT2D eigenvalue weighted by Gasteiger charge is -2.17. The van der Waals surface area contributed by atoms with Gasteiger partial charge in [-0.2, -0.15) is 0 Å². The van der Waals surface area contributed by atoms with Crippen molar-refractivity contribution in [2.45, 2.75) is 19.9 Å². The molecule has 0 spiro atoms. The summed E-state index contributed by atoms with van der Waals surface area (Å²) in [5.41, 5.74) is 1.09. The SMILES string of the molecule is CC(=O)CC(=O)N(C)Cc1cccc2ccccc12. The van der Waals surface area contributed by atoms with Crippen LogP contribution < -0.4 is 0 Å². The Morgan fingerprint density at radius 1 is 1.05 bits per heavy atom. The van der Waals surface area contributed by atoms with Gasteiger partial charge in [0.15, 0.2) is 0 Å². The second kappa shape index (κ2) is 5.65. The minimum absolute atomic E-state index is 0.0265. The van der Waals surface area contributed by atoms with Gasteiger partial charge >= 0.3 is 0 Å². The Kier molecular flexibility index (Phi) is 3.95. The van der Waals surface area contributed by atoms with Gasteiger partial charge in [-0.05, 0) is 23.3 Å². The van der Waals surface area contributed by atoms with Gasteiger partial charge in [0.25, 0.3) is 0 Å². The Hall–Kier alpha value is -2.16. The highest BCUT2D eigenvalue weighted by Crippen LogP contribution is 2.19. The summed E-state index contributed by atoms with van der Waals surface area (Å²) in [5, 5.41) is 2.31. The first-order valence-corrected chi connectivity index (χ1v) is 6.28. The third-order valence-electron chi connectivity index (χ3n) is 3.11. The third-order valence-corrected chi connectivity index (χ3v) is 3.11. The van der Waals surface area contributed by atoms with Gasteiger partial charge in [-0.15, -0.1) is 0 Å². The fraction of sp³-hybridized carbons (Fsp3) is 0.250. The van der Waals surface area contributed by atoms with Crippen LogP contribution in [0.25, 0.3) is 10.8 Å². The van der Waals surface area contributed by atoms with Crippen molar-refractivity contribution in [3.8, 4) is 0 Å². The number of rotatable bonds is 4. The first-order chi connectivity index (χ1) is 9.08. The molecule has 0 aliphatic carbocycles. The molecule has 0 saturated heterocycles. The Labute approximate surface area is 112 Å². The number of carbonyl (C=O) groups excluding carboxylic acids is 2. The summed E-state index contributed by atoms with van der Waals surface area (Å²) in [5.74, 6) is -0.241. The molecule has 0 aromatic heterocycles. The number of hydrogen-bond donors (Lipinski definition) is 0. The van der Waals surface area contributed by atoms with E-state index in [2.05, 4.69) is 12.1 Å². The van der Waals surface area contributed by atoms with Gasteiger partial charge in [0.2, 0.25) is 5.91 Å². The van der Waals surface area contributed by atoms with Crippen LogP contribution in [-0.4, -0.2) is 23.6 Å². The van der Waals surface area contributed by atoms with E-state index < -0.39 is 0 Å². The first-order valence-electron chi connectivity index (χ1n) is 6.28. The molecule has 0 unspecified atom stereocenters. The number of nitrogens with zero attached hydrogens (tertiary/aromatic N) is 1. The fourth-order valence-corrected chi connectivity index (χ4v) is 2.12. The van der Waals surface area contributed by atoms with Crippen molar-refractivity contribution in [1.82, 2.24) is 4.90 Å². The molecule has 3 heteroatoms. The topological polar surface area (TPSA) is 37.4 Å². The molecule has 2 rings (SSSR count). The molecule has 0 saturated carbocycles. The molecule has 0 N–H and O–H groups in total. The average molecular weight is 255 g/mol. The highest BCUT2D eigenvalue weighted by atomic mass is 16.2. The molecule has 19 heavy (non-hydrogen) atoms. The zero-order chi connectivity index (χ0) is 13.8. The lowest BCUT2D eigenvalue weighted by atomic mass is 10.0. The second-order valence-electron chi connectivity index (χ2n) is 4.77. The largest absolute Gasteiger partial charge is 0.341 e.